The summed E-state index contributed by atoms with van der Waals surface area (Å²) in [6.45, 7) is 0. The number of ether oxygens (including phenoxy) is 1. The van der Waals surface area contributed by atoms with Crippen molar-refractivity contribution in [3.8, 4) is 12.1 Å². The van der Waals surface area contributed by atoms with E-state index in [1.807, 2.05) is 12.1 Å². The molecule has 0 bridgehead atoms. The van der Waals surface area contributed by atoms with Gasteiger partial charge in [-0.15, -0.1) is 0 Å². The highest BCUT2D eigenvalue weighted by Crippen LogP contribution is 2.10. The largest absolute Gasteiger partial charge is 0.386 e. The Labute approximate surface area is 120 Å². The molecular formula is C16H8N2O3. The Morgan fingerprint density at radius 2 is 1.24 bits per heavy atom. The first kappa shape index (κ1) is 14.0. The third kappa shape index (κ3) is 3.31. The van der Waals surface area contributed by atoms with Crippen molar-refractivity contribution in [1.29, 1.82) is 10.5 Å². The highest BCUT2D eigenvalue weighted by molar-refractivity contribution is 6.02. The number of nitrogens with zero attached hydrogens (tertiary/aromatic N) is 2. The lowest BCUT2D eigenvalue weighted by Gasteiger charge is -2.03. The third-order valence-corrected chi connectivity index (χ3v) is 2.64. The van der Waals surface area contributed by atoms with Crippen LogP contribution in [0.15, 0.2) is 48.5 Å². The average molecular weight is 276 g/mol. The number of hydrogen-bond donors (Lipinski definition) is 0. The smallest absolute Gasteiger partial charge is 0.346 e. The Bertz CT molecular complexity index is 730. The molecule has 21 heavy (non-hydrogen) atoms. The number of rotatable bonds is 2. The minimum absolute atomic E-state index is 0.110. The lowest BCUT2D eigenvalue weighted by molar-refractivity contribution is 0.0397. The van der Waals surface area contributed by atoms with Crippen LogP contribution in [-0.4, -0.2) is 11.9 Å². The van der Waals surface area contributed by atoms with Crippen LogP contribution in [0.1, 0.15) is 31.8 Å². The molecular weight excluding hydrogens is 268 g/mol. The van der Waals surface area contributed by atoms with Crippen LogP contribution in [0.2, 0.25) is 0 Å². The first-order valence-electron chi connectivity index (χ1n) is 5.91. The molecule has 0 unspecified atom stereocenters. The maximum absolute atomic E-state index is 11.8. The summed E-state index contributed by atoms with van der Waals surface area (Å²) < 4.78 is 4.72. The molecule has 0 aliphatic carbocycles. The molecule has 2 aromatic carbocycles. The van der Waals surface area contributed by atoms with E-state index in [-0.39, 0.29) is 11.1 Å². The van der Waals surface area contributed by atoms with Crippen molar-refractivity contribution in [1.82, 2.24) is 0 Å². The monoisotopic (exact) mass is 276 g/mol. The van der Waals surface area contributed by atoms with Crippen molar-refractivity contribution >= 4 is 11.9 Å². The van der Waals surface area contributed by atoms with Crippen LogP contribution in [0.3, 0.4) is 0 Å². The SMILES string of the molecule is N#Cc1cccc(C(=O)OC(=O)c2cccc(C#N)c2)c1. The molecule has 0 N–H and O–H groups in total. The van der Waals surface area contributed by atoms with Crippen LogP contribution in [0.5, 0.6) is 0 Å². The molecule has 2 aromatic rings. The Morgan fingerprint density at radius 3 is 1.62 bits per heavy atom. The first-order chi connectivity index (χ1) is 10.1. The normalized spacial score (nSPS) is 9.24. The molecule has 0 aliphatic heterocycles. The van der Waals surface area contributed by atoms with Crippen LogP contribution in [0.25, 0.3) is 0 Å². The second-order valence-corrected chi connectivity index (χ2v) is 4.06. The van der Waals surface area contributed by atoms with Gasteiger partial charge in [0.1, 0.15) is 0 Å². The summed E-state index contributed by atoms with van der Waals surface area (Å²) in [7, 11) is 0. The van der Waals surface area contributed by atoms with Crippen molar-refractivity contribution in [3.63, 3.8) is 0 Å². The maximum Gasteiger partial charge on any atom is 0.346 e. The van der Waals surface area contributed by atoms with Gasteiger partial charge in [-0.2, -0.15) is 10.5 Å². The number of esters is 2. The maximum atomic E-state index is 11.8. The molecule has 100 valence electrons. The Kier molecular flexibility index (Phi) is 4.09. The number of benzene rings is 2. The van der Waals surface area contributed by atoms with E-state index in [1.54, 1.807) is 0 Å². The van der Waals surface area contributed by atoms with E-state index in [0.717, 1.165) is 0 Å². The predicted octanol–water partition coefficient (Wildman–Crippen LogP) is 2.43. The molecule has 5 heteroatoms. The second kappa shape index (κ2) is 6.14. The van der Waals surface area contributed by atoms with Crippen LogP contribution < -0.4 is 0 Å². The molecule has 0 aliphatic rings. The fraction of sp³-hybridized carbons (Fsp3) is 0. The van der Waals surface area contributed by atoms with Crippen LogP contribution in [0, 0.1) is 22.7 Å². The van der Waals surface area contributed by atoms with Gasteiger partial charge in [0.2, 0.25) is 0 Å². The van der Waals surface area contributed by atoms with Crippen molar-refractivity contribution in [2.75, 3.05) is 0 Å². The zero-order chi connectivity index (χ0) is 15.2. The Hall–Kier alpha value is -3.44. The van der Waals surface area contributed by atoms with Crippen LogP contribution in [-0.2, 0) is 4.74 Å². The summed E-state index contributed by atoms with van der Waals surface area (Å²) in [5.41, 5.74) is 0.810. The molecule has 0 spiro atoms. The van der Waals surface area contributed by atoms with Gasteiger partial charge < -0.3 is 4.74 Å². The molecule has 0 heterocycles. The van der Waals surface area contributed by atoms with E-state index >= 15 is 0 Å². The predicted molar refractivity (Wildman–Crippen MR) is 72.1 cm³/mol. The molecule has 0 amide bonds. The summed E-state index contributed by atoms with van der Waals surface area (Å²) in [6.07, 6.45) is 0. The topological polar surface area (TPSA) is 90.9 Å². The van der Waals surface area contributed by atoms with Gasteiger partial charge in [0, 0.05) is 0 Å². The molecule has 0 radical (unpaired) electrons. The van der Waals surface area contributed by atoms with E-state index in [2.05, 4.69) is 0 Å². The zero-order valence-electron chi connectivity index (χ0n) is 10.7. The van der Waals surface area contributed by atoms with E-state index in [1.165, 1.54) is 48.5 Å². The molecule has 0 aromatic heterocycles. The molecule has 5 nitrogen and oxygen atoms in total. The van der Waals surface area contributed by atoms with Crippen molar-refractivity contribution < 1.29 is 14.3 Å². The Balaban J connectivity index is 2.17. The second-order valence-electron chi connectivity index (χ2n) is 4.06. The quantitative estimate of drug-likeness (QED) is 0.620. The number of hydrogen-bond acceptors (Lipinski definition) is 5. The minimum atomic E-state index is -0.848. The van der Waals surface area contributed by atoms with Crippen LogP contribution in [0.4, 0.5) is 0 Å². The fourth-order valence-electron chi connectivity index (χ4n) is 1.63. The lowest BCUT2D eigenvalue weighted by Crippen LogP contribution is -2.13. The van der Waals surface area contributed by atoms with Gasteiger partial charge in [0.05, 0.1) is 34.4 Å². The summed E-state index contributed by atoms with van der Waals surface area (Å²) in [5.74, 6) is -1.70. The summed E-state index contributed by atoms with van der Waals surface area (Å²) in [6, 6.07) is 15.5. The molecule has 0 atom stereocenters. The highest BCUT2D eigenvalue weighted by Gasteiger charge is 2.15. The van der Waals surface area contributed by atoms with Gasteiger partial charge in [0.15, 0.2) is 0 Å². The van der Waals surface area contributed by atoms with Crippen LogP contribution >= 0.6 is 0 Å². The highest BCUT2D eigenvalue weighted by atomic mass is 16.6. The van der Waals surface area contributed by atoms with Crippen molar-refractivity contribution in [2.45, 2.75) is 0 Å². The van der Waals surface area contributed by atoms with Gasteiger partial charge in [-0.25, -0.2) is 9.59 Å². The fourth-order valence-corrected chi connectivity index (χ4v) is 1.63. The summed E-state index contributed by atoms with van der Waals surface area (Å²) in [5, 5.41) is 17.5. The minimum Gasteiger partial charge on any atom is -0.386 e. The Morgan fingerprint density at radius 1 is 0.810 bits per heavy atom. The van der Waals surface area contributed by atoms with Gasteiger partial charge >= 0.3 is 11.9 Å². The van der Waals surface area contributed by atoms with Crippen molar-refractivity contribution in [3.05, 3.63) is 70.8 Å². The number of carbonyl (C=O) groups excluding carboxylic acids is 2. The van der Waals surface area contributed by atoms with Crippen molar-refractivity contribution in [2.24, 2.45) is 0 Å². The van der Waals surface area contributed by atoms with E-state index < -0.39 is 11.9 Å². The molecule has 0 saturated heterocycles. The van der Waals surface area contributed by atoms with E-state index in [0.29, 0.717) is 11.1 Å². The molecule has 0 fully saturated rings. The summed E-state index contributed by atoms with van der Waals surface area (Å²) >= 11 is 0. The summed E-state index contributed by atoms with van der Waals surface area (Å²) in [4.78, 5) is 23.7. The number of nitriles is 2. The van der Waals surface area contributed by atoms with E-state index in [9.17, 15) is 9.59 Å². The molecule has 2 rings (SSSR count). The zero-order valence-corrected chi connectivity index (χ0v) is 10.7. The molecule has 0 saturated carbocycles. The number of carbonyl (C=O) groups is 2. The standard InChI is InChI=1S/C16H8N2O3/c17-9-11-3-1-5-13(7-11)15(19)21-16(20)14-6-2-4-12(8-14)10-18/h1-8H. The van der Waals surface area contributed by atoms with Gasteiger partial charge in [0.25, 0.3) is 0 Å². The van der Waals surface area contributed by atoms with E-state index in [4.69, 9.17) is 15.3 Å². The van der Waals surface area contributed by atoms with Gasteiger partial charge in [-0.1, -0.05) is 12.1 Å². The van der Waals surface area contributed by atoms with Gasteiger partial charge in [-0.3, -0.25) is 0 Å². The first-order valence-corrected chi connectivity index (χ1v) is 5.91. The third-order valence-electron chi connectivity index (χ3n) is 2.64. The lowest BCUT2D eigenvalue weighted by atomic mass is 10.1. The van der Waals surface area contributed by atoms with Gasteiger partial charge in [-0.05, 0) is 36.4 Å². The average Bonchev–Trinajstić information content (AvgIpc) is 2.54.